The molecule has 6 nitrogen and oxygen atoms in total. The molecule has 0 bridgehead atoms. The highest BCUT2D eigenvalue weighted by molar-refractivity contribution is 9.10. The van der Waals surface area contributed by atoms with E-state index < -0.39 is 16.8 Å². The van der Waals surface area contributed by atoms with Crippen LogP contribution < -0.4 is 5.32 Å². The van der Waals surface area contributed by atoms with E-state index in [1.807, 2.05) is 0 Å². The number of hydrogen-bond acceptors (Lipinski definition) is 4. The number of carboxylic acid groups (broad SMARTS) is 1. The van der Waals surface area contributed by atoms with Gasteiger partial charge in [0.1, 0.15) is 0 Å². The lowest BCUT2D eigenvalue weighted by atomic mass is 10.2. The topological polar surface area (TPSA) is 92.5 Å². The van der Waals surface area contributed by atoms with Crippen molar-refractivity contribution in [2.75, 3.05) is 11.9 Å². The zero-order chi connectivity index (χ0) is 13.0. The second kappa shape index (κ2) is 5.62. The molecule has 0 aliphatic heterocycles. The van der Waals surface area contributed by atoms with E-state index in [1.54, 1.807) is 6.92 Å². The van der Waals surface area contributed by atoms with Crippen LogP contribution in [0, 0.1) is 16.0 Å². The van der Waals surface area contributed by atoms with Crippen LogP contribution in [0.25, 0.3) is 0 Å². The van der Waals surface area contributed by atoms with Gasteiger partial charge in [0.25, 0.3) is 5.69 Å². The summed E-state index contributed by atoms with van der Waals surface area (Å²) in [6.07, 6.45) is 0. The van der Waals surface area contributed by atoms with Crippen molar-refractivity contribution in [3.63, 3.8) is 0 Å². The fraction of sp³-hybridized carbons (Fsp3) is 0.300. The number of benzene rings is 1. The highest BCUT2D eigenvalue weighted by Crippen LogP contribution is 2.27. The molecule has 0 heterocycles. The van der Waals surface area contributed by atoms with Gasteiger partial charge in [0.15, 0.2) is 0 Å². The molecule has 2 N–H and O–H groups in total. The minimum atomic E-state index is -0.893. The number of halogens is 1. The van der Waals surface area contributed by atoms with Crippen LogP contribution in [0.3, 0.4) is 0 Å². The Kier molecular flexibility index (Phi) is 4.45. The molecule has 0 amide bonds. The number of aliphatic carboxylic acids is 1. The first-order valence-corrected chi connectivity index (χ1v) is 5.61. The molecule has 7 heteroatoms. The van der Waals surface area contributed by atoms with Gasteiger partial charge in [-0.3, -0.25) is 14.9 Å². The second-order valence-electron chi connectivity index (χ2n) is 3.54. The quantitative estimate of drug-likeness (QED) is 0.644. The number of carboxylic acids is 1. The molecule has 0 radical (unpaired) electrons. The predicted molar refractivity (Wildman–Crippen MR) is 66.1 cm³/mol. The van der Waals surface area contributed by atoms with Gasteiger partial charge in [-0.15, -0.1) is 0 Å². The van der Waals surface area contributed by atoms with Gasteiger partial charge in [0.2, 0.25) is 0 Å². The minimum Gasteiger partial charge on any atom is -0.481 e. The summed E-state index contributed by atoms with van der Waals surface area (Å²) in [5.41, 5.74) is 0.609. The minimum absolute atomic E-state index is 0.0197. The number of non-ortho nitro benzene ring substituents is 1. The van der Waals surface area contributed by atoms with Gasteiger partial charge < -0.3 is 10.4 Å². The summed E-state index contributed by atoms with van der Waals surface area (Å²) in [5, 5.41) is 22.1. The van der Waals surface area contributed by atoms with E-state index in [0.29, 0.717) is 10.2 Å². The van der Waals surface area contributed by atoms with Gasteiger partial charge in [-0.2, -0.15) is 0 Å². The lowest BCUT2D eigenvalue weighted by Gasteiger charge is -2.10. The number of anilines is 1. The summed E-state index contributed by atoms with van der Waals surface area (Å²) >= 11 is 3.19. The number of nitrogens with zero attached hydrogens (tertiary/aromatic N) is 1. The summed E-state index contributed by atoms with van der Waals surface area (Å²) in [4.78, 5) is 20.6. The molecule has 17 heavy (non-hydrogen) atoms. The van der Waals surface area contributed by atoms with Gasteiger partial charge in [-0.1, -0.05) is 6.92 Å². The monoisotopic (exact) mass is 302 g/mol. The highest BCUT2D eigenvalue weighted by atomic mass is 79.9. The van der Waals surface area contributed by atoms with Gasteiger partial charge in [0, 0.05) is 28.8 Å². The number of nitrogens with one attached hydrogen (secondary N) is 1. The zero-order valence-corrected chi connectivity index (χ0v) is 10.6. The third-order valence-corrected chi connectivity index (χ3v) is 2.84. The first-order chi connectivity index (χ1) is 7.91. The van der Waals surface area contributed by atoms with E-state index in [4.69, 9.17) is 5.11 Å². The van der Waals surface area contributed by atoms with Crippen LogP contribution in [0.15, 0.2) is 22.7 Å². The lowest BCUT2D eigenvalue weighted by molar-refractivity contribution is -0.384. The maximum absolute atomic E-state index is 10.6. The molecule has 0 spiro atoms. The van der Waals surface area contributed by atoms with E-state index in [1.165, 1.54) is 18.2 Å². The van der Waals surface area contributed by atoms with Crippen molar-refractivity contribution in [1.29, 1.82) is 0 Å². The van der Waals surface area contributed by atoms with E-state index in [0.717, 1.165) is 0 Å². The fourth-order valence-corrected chi connectivity index (χ4v) is 1.62. The first kappa shape index (κ1) is 13.4. The Hall–Kier alpha value is -1.63. The summed E-state index contributed by atoms with van der Waals surface area (Å²) in [7, 11) is 0. The molecule has 0 saturated carbocycles. The Morgan fingerprint density at radius 1 is 1.65 bits per heavy atom. The zero-order valence-electron chi connectivity index (χ0n) is 9.01. The third-order valence-electron chi connectivity index (χ3n) is 2.18. The number of rotatable bonds is 5. The molecule has 0 aliphatic carbocycles. The molecule has 0 aliphatic rings. The molecule has 1 aromatic rings. The van der Waals surface area contributed by atoms with Crippen molar-refractivity contribution in [2.45, 2.75) is 6.92 Å². The van der Waals surface area contributed by atoms with E-state index in [-0.39, 0.29) is 12.2 Å². The van der Waals surface area contributed by atoms with Gasteiger partial charge in [-0.05, 0) is 22.0 Å². The van der Waals surface area contributed by atoms with Crippen molar-refractivity contribution in [3.05, 3.63) is 32.8 Å². The predicted octanol–water partition coefficient (Wildman–Crippen LogP) is 2.49. The molecule has 1 unspecified atom stereocenters. The lowest BCUT2D eigenvalue weighted by Crippen LogP contribution is -2.19. The SMILES string of the molecule is CC(CNc1ccc([N+](=O)[O-])cc1Br)C(=O)O. The largest absolute Gasteiger partial charge is 0.481 e. The second-order valence-corrected chi connectivity index (χ2v) is 4.40. The molecule has 1 atom stereocenters. The van der Waals surface area contributed by atoms with Crippen LogP contribution in [0.4, 0.5) is 11.4 Å². The molecule has 92 valence electrons. The Balaban J connectivity index is 2.73. The highest BCUT2D eigenvalue weighted by Gasteiger charge is 2.12. The van der Waals surface area contributed by atoms with Gasteiger partial charge in [-0.25, -0.2) is 0 Å². The molecule has 0 fully saturated rings. The molecule has 1 rings (SSSR count). The van der Waals surface area contributed by atoms with Crippen LogP contribution in [0.2, 0.25) is 0 Å². The Labute approximate surface area is 106 Å². The third kappa shape index (κ3) is 3.70. The maximum atomic E-state index is 10.6. The Morgan fingerprint density at radius 2 is 2.29 bits per heavy atom. The van der Waals surface area contributed by atoms with Crippen molar-refractivity contribution < 1.29 is 14.8 Å². The van der Waals surface area contributed by atoms with Crippen LogP contribution in [-0.4, -0.2) is 22.5 Å². The van der Waals surface area contributed by atoms with E-state index in [9.17, 15) is 14.9 Å². The maximum Gasteiger partial charge on any atom is 0.308 e. The molecule has 1 aromatic carbocycles. The van der Waals surface area contributed by atoms with Crippen molar-refractivity contribution >= 4 is 33.3 Å². The summed E-state index contributed by atoms with van der Waals surface area (Å²) in [5.74, 6) is -1.42. The Morgan fingerprint density at radius 3 is 2.76 bits per heavy atom. The van der Waals surface area contributed by atoms with E-state index >= 15 is 0 Å². The van der Waals surface area contributed by atoms with Gasteiger partial charge >= 0.3 is 5.97 Å². The first-order valence-electron chi connectivity index (χ1n) is 4.82. The summed E-state index contributed by atoms with van der Waals surface area (Å²) < 4.78 is 0.532. The Bertz CT molecular complexity index is 450. The molecule has 0 aromatic heterocycles. The molecule has 0 saturated heterocycles. The number of hydrogen-bond donors (Lipinski definition) is 2. The average Bonchev–Trinajstić information content (AvgIpc) is 2.26. The van der Waals surface area contributed by atoms with Crippen molar-refractivity contribution in [3.8, 4) is 0 Å². The van der Waals surface area contributed by atoms with Crippen molar-refractivity contribution in [2.24, 2.45) is 5.92 Å². The van der Waals surface area contributed by atoms with Crippen LogP contribution >= 0.6 is 15.9 Å². The standard InChI is InChI=1S/C10H11BrN2O4/c1-6(10(14)15)5-12-9-3-2-7(13(16)17)4-8(9)11/h2-4,6,12H,5H2,1H3,(H,14,15). The number of carbonyl (C=O) groups is 1. The van der Waals surface area contributed by atoms with Gasteiger partial charge in [0.05, 0.1) is 10.8 Å². The van der Waals surface area contributed by atoms with Crippen molar-refractivity contribution in [1.82, 2.24) is 0 Å². The molecular formula is C10H11BrN2O4. The number of nitro benzene ring substituents is 1. The molecular weight excluding hydrogens is 292 g/mol. The number of nitro groups is 1. The van der Waals surface area contributed by atoms with Crippen LogP contribution in [0.5, 0.6) is 0 Å². The summed E-state index contributed by atoms with van der Waals surface area (Å²) in [6.45, 7) is 1.83. The normalized spacial score (nSPS) is 11.9. The van der Waals surface area contributed by atoms with Crippen LogP contribution in [-0.2, 0) is 4.79 Å². The summed E-state index contributed by atoms with van der Waals surface area (Å²) in [6, 6.07) is 4.27. The van der Waals surface area contributed by atoms with E-state index in [2.05, 4.69) is 21.2 Å². The average molecular weight is 303 g/mol. The smallest absolute Gasteiger partial charge is 0.308 e. The fourth-order valence-electron chi connectivity index (χ4n) is 1.11. The van der Waals surface area contributed by atoms with Crippen LogP contribution in [0.1, 0.15) is 6.92 Å².